The second-order valence-electron chi connectivity index (χ2n) is 5.78. The van der Waals surface area contributed by atoms with E-state index in [9.17, 15) is 9.59 Å². The number of ketones is 1. The molecule has 0 saturated carbocycles. The molecule has 3 rings (SSSR count). The van der Waals surface area contributed by atoms with Gasteiger partial charge in [0, 0.05) is 22.2 Å². The van der Waals surface area contributed by atoms with Crippen LogP contribution in [0.2, 0.25) is 0 Å². The van der Waals surface area contributed by atoms with Crippen molar-refractivity contribution in [1.82, 2.24) is 4.98 Å². The standard InChI is InChI=1S/C20H19NO4/c1-12-18(14-8-4-6-10-16(14)21-12)19(22)13(2)25-20(23)15-9-5-7-11-17(15)24-3/h4-11,13,21H,1-3H3. The molecule has 0 saturated heterocycles. The van der Waals surface area contributed by atoms with Crippen LogP contribution in [0.5, 0.6) is 5.75 Å². The van der Waals surface area contributed by atoms with Gasteiger partial charge in [0.25, 0.3) is 0 Å². The first-order valence-corrected chi connectivity index (χ1v) is 7.98. The Morgan fingerprint density at radius 1 is 1.04 bits per heavy atom. The highest BCUT2D eigenvalue weighted by molar-refractivity contribution is 6.11. The van der Waals surface area contributed by atoms with Crippen LogP contribution in [0.25, 0.3) is 10.9 Å². The van der Waals surface area contributed by atoms with E-state index in [1.165, 1.54) is 7.11 Å². The maximum Gasteiger partial charge on any atom is 0.342 e. The second kappa shape index (κ2) is 6.81. The molecule has 2 aromatic carbocycles. The van der Waals surface area contributed by atoms with Crippen LogP contribution in [-0.4, -0.2) is 30.0 Å². The number of ether oxygens (including phenoxy) is 2. The molecule has 3 aromatic rings. The minimum Gasteiger partial charge on any atom is -0.496 e. The van der Waals surface area contributed by atoms with Crippen molar-refractivity contribution in [2.45, 2.75) is 20.0 Å². The minimum absolute atomic E-state index is 0.238. The first kappa shape index (κ1) is 16.8. The van der Waals surface area contributed by atoms with E-state index in [2.05, 4.69) is 4.98 Å². The van der Waals surface area contributed by atoms with Gasteiger partial charge in [0.05, 0.1) is 7.11 Å². The molecule has 0 aliphatic heterocycles. The summed E-state index contributed by atoms with van der Waals surface area (Å²) in [7, 11) is 1.48. The number of methoxy groups -OCH3 is 1. The highest BCUT2D eigenvalue weighted by atomic mass is 16.5. The number of benzene rings is 2. The largest absolute Gasteiger partial charge is 0.496 e. The van der Waals surface area contributed by atoms with E-state index in [4.69, 9.17) is 9.47 Å². The van der Waals surface area contributed by atoms with Crippen LogP contribution < -0.4 is 4.74 Å². The third kappa shape index (κ3) is 3.13. The number of esters is 1. The van der Waals surface area contributed by atoms with Crippen molar-refractivity contribution in [3.8, 4) is 5.75 Å². The molecule has 1 unspecified atom stereocenters. The van der Waals surface area contributed by atoms with Gasteiger partial charge in [-0.2, -0.15) is 0 Å². The van der Waals surface area contributed by atoms with Crippen molar-refractivity contribution >= 4 is 22.7 Å². The molecular weight excluding hydrogens is 318 g/mol. The third-order valence-corrected chi connectivity index (χ3v) is 4.12. The number of Topliss-reactive ketones (excluding diaryl/α,β-unsaturated/α-hetero) is 1. The zero-order valence-corrected chi connectivity index (χ0v) is 14.3. The highest BCUT2D eigenvalue weighted by Gasteiger charge is 2.25. The van der Waals surface area contributed by atoms with E-state index in [1.54, 1.807) is 31.2 Å². The smallest absolute Gasteiger partial charge is 0.342 e. The van der Waals surface area contributed by atoms with Gasteiger partial charge in [-0.05, 0) is 32.0 Å². The number of rotatable bonds is 5. The molecule has 0 bridgehead atoms. The van der Waals surface area contributed by atoms with Gasteiger partial charge in [0.2, 0.25) is 5.78 Å². The summed E-state index contributed by atoms with van der Waals surface area (Å²) in [5, 5.41) is 0.824. The summed E-state index contributed by atoms with van der Waals surface area (Å²) >= 11 is 0. The summed E-state index contributed by atoms with van der Waals surface area (Å²) in [5.74, 6) is -0.413. The molecule has 1 atom stereocenters. The van der Waals surface area contributed by atoms with E-state index in [0.717, 1.165) is 16.6 Å². The lowest BCUT2D eigenvalue weighted by Gasteiger charge is -2.14. The molecule has 25 heavy (non-hydrogen) atoms. The topological polar surface area (TPSA) is 68.4 Å². The van der Waals surface area contributed by atoms with Crippen LogP contribution in [0.15, 0.2) is 48.5 Å². The number of aromatic nitrogens is 1. The molecule has 1 aromatic heterocycles. The lowest BCUT2D eigenvalue weighted by Crippen LogP contribution is -2.25. The van der Waals surface area contributed by atoms with Gasteiger partial charge in [-0.3, -0.25) is 4.79 Å². The summed E-state index contributed by atoms with van der Waals surface area (Å²) in [6.45, 7) is 3.42. The lowest BCUT2D eigenvalue weighted by molar-refractivity contribution is 0.0316. The Kier molecular flexibility index (Phi) is 4.57. The zero-order chi connectivity index (χ0) is 18.0. The van der Waals surface area contributed by atoms with Crippen molar-refractivity contribution in [2.75, 3.05) is 7.11 Å². The molecule has 0 fully saturated rings. The highest BCUT2D eigenvalue weighted by Crippen LogP contribution is 2.25. The Labute approximate surface area is 145 Å². The van der Waals surface area contributed by atoms with Crippen molar-refractivity contribution in [1.29, 1.82) is 0 Å². The summed E-state index contributed by atoms with van der Waals surface area (Å²) in [6.07, 6.45) is -0.907. The molecule has 0 aliphatic carbocycles. The fraction of sp³-hybridized carbons (Fsp3) is 0.200. The maximum atomic E-state index is 12.8. The SMILES string of the molecule is COc1ccccc1C(=O)OC(C)C(=O)c1c(C)[nH]c2ccccc12. The molecule has 1 heterocycles. The molecule has 0 amide bonds. The number of fused-ring (bicyclic) bond motifs is 1. The summed E-state index contributed by atoms with van der Waals surface area (Å²) < 4.78 is 10.6. The normalized spacial score (nSPS) is 12.0. The number of H-pyrrole nitrogens is 1. The molecular formula is C20H19NO4. The molecule has 0 aliphatic rings. The van der Waals surface area contributed by atoms with Crippen LogP contribution in [0.1, 0.15) is 33.3 Å². The molecule has 128 valence electrons. The third-order valence-electron chi connectivity index (χ3n) is 4.12. The van der Waals surface area contributed by atoms with Crippen LogP contribution in [0, 0.1) is 6.92 Å². The number of carbonyl (C=O) groups excluding carboxylic acids is 2. The van der Waals surface area contributed by atoms with E-state index in [1.807, 2.05) is 31.2 Å². The predicted molar refractivity (Wildman–Crippen MR) is 95.2 cm³/mol. The molecule has 5 heteroatoms. The van der Waals surface area contributed by atoms with Crippen LogP contribution in [0.3, 0.4) is 0 Å². The van der Waals surface area contributed by atoms with E-state index >= 15 is 0 Å². The molecule has 0 spiro atoms. The van der Waals surface area contributed by atoms with Gasteiger partial charge < -0.3 is 14.5 Å². The second-order valence-corrected chi connectivity index (χ2v) is 5.78. The molecule has 1 N–H and O–H groups in total. The summed E-state index contributed by atoms with van der Waals surface area (Å²) in [4.78, 5) is 28.4. The first-order valence-electron chi connectivity index (χ1n) is 7.98. The van der Waals surface area contributed by atoms with Gasteiger partial charge in [0.15, 0.2) is 6.10 Å². The average molecular weight is 337 g/mol. The number of nitrogens with one attached hydrogen (secondary N) is 1. The molecule has 0 radical (unpaired) electrons. The Morgan fingerprint density at radius 2 is 1.72 bits per heavy atom. The van der Waals surface area contributed by atoms with E-state index in [-0.39, 0.29) is 5.78 Å². The van der Waals surface area contributed by atoms with Crippen molar-refractivity contribution in [2.24, 2.45) is 0 Å². The fourth-order valence-corrected chi connectivity index (χ4v) is 2.89. The number of carbonyl (C=O) groups is 2. The van der Waals surface area contributed by atoms with Gasteiger partial charge in [-0.25, -0.2) is 4.79 Å². The van der Waals surface area contributed by atoms with Crippen molar-refractivity contribution in [3.05, 3.63) is 65.4 Å². The van der Waals surface area contributed by atoms with E-state index in [0.29, 0.717) is 16.9 Å². The van der Waals surface area contributed by atoms with Gasteiger partial charge in [-0.15, -0.1) is 0 Å². The zero-order valence-electron chi connectivity index (χ0n) is 14.3. The van der Waals surface area contributed by atoms with Gasteiger partial charge in [0.1, 0.15) is 11.3 Å². The molecule has 5 nitrogen and oxygen atoms in total. The number of hydrogen-bond donors (Lipinski definition) is 1. The van der Waals surface area contributed by atoms with Crippen molar-refractivity contribution in [3.63, 3.8) is 0 Å². The Balaban J connectivity index is 1.85. The number of aromatic amines is 1. The van der Waals surface area contributed by atoms with Gasteiger partial charge >= 0.3 is 5.97 Å². The Bertz CT molecular complexity index is 942. The summed E-state index contributed by atoms with van der Waals surface area (Å²) in [5.41, 5.74) is 2.48. The number of aryl methyl sites for hydroxylation is 1. The van der Waals surface area contributed by atoms with E-state index < -0.39 is 12.1 Å². The minimum atomic E-state index is -0.907. The quantitative estimate of drug-likeness (QED) is 0.566. The average Bonchev–Trinajstić information content (AvgIpc) is 2.96. The maximum absolute atomic E-state index is 12.8. The lowest BCUT2D eigenvalue weighted by atomic mass is 10.0. The monoisotopic (exact) mass is 337 g/mol. The van der Waals surface area contributed by atoms with Crippen LogP contribution in [0.4, 0.5) is 0 Å². The number of para-hydroxylation sites is 2. The fourth-order valence-electron chi connectivity index (χ4n) is 2.89. The van der Waals surface area contributed by atoms with Crippen LogP contribution >= 0.6 is 0 Å². The first-order chi connectivity index (χ1) is 12.0. The summed E-state index contributed by atoms with van der Waals surface area (Å²) in [6, 6.07) is 14.3. The Hall–Kier alpha value is -3.08. The van der Waals surface area contributed by atoms with Crippen LogP contribution in [-0.2, 0) is 4.74 Å². The van der Waals surface area contributed by atoms with Crippen molar-refractivity contribution < 1.29 is 19.1 Å². The Morgan fingerprint density at radius 3 is 2.48 bits per heavy atom. The number of hydrogen-bond acceptors (Lipinski definition) is 4. The van der Waals surface area contributed by atoms with Gasteiger partial charge in [-0.1, -0.05) is 30.3 Å². The predicted octanol–water partition coefficient (Wildman–Crippen LogP) is 3.91.